The van der Waals surface area contributed by atoms with E-state index in [1.807, 2.05) is 0 Å². The predicted molar refractivity (Wildman–Crippen MR) is 43.4 cm³/mol. The molecular weight excluding hydrogens is 160 g/mol. The second-order valence-corrected chi connectivity index (χ2v) is 2.38. The molecule has 70 valence electrons. The van der Waals surface area contributed by atoms with E-state index in [1.165, 1.54) is 14.0 Å². The Balaban J connectivity index is 4.02. The Kier molecular flexibility index (Phi) is 5.03. The average Bonchev–Trinajstić information content (AvgIpc) is 2.01. The molecular formula is C7H14N2O3. The smallest absolute Gasteiger partial charge is 0.242 e. The van der Waals surface area contributed by atoms with E-state index in [4.69, 9.17) is 5.11 Å². The lowest BCUT2D eigenvalue weighted by Crippen LogP contribution is -2.45. The molecule has 5 heteroatoms. The number of hydrogen-bond donors (Lipinski definition) is 3. The van der Waals surface area contributed by atoms with Crippen LogP contribution in [0.2, 0.25) is 0 Å². The lowest BCUT2D eigenvalue weighted by molar-refractivity contribution is -0.128. The van der Waals surface area contributed by atoms with E-state index in [2.05, 4.69) is 10.6 Å². The molecule has 12 heavy (non-hydrogen) atoms. The highest BCUT2D eigenvalue weighted by Crippen LogP contribution is 1.90. The fraction of sp³-hybridized carbons (Fsp3) is 0.714. The Hall–Kier alpha value is -1.10. The lowest BCUT2D eigenvalue weighted by atomic mass is 10.2. The van der Waals surface area contributed by atoms with Crippen molar-refractivity contribution in [3.63, 3.8) is 0 Å². The van der Waals surface area contributed by atoms with Crippen LogP contribution in [0.5, 0.6) is 0 Å². The van der Waals surface area contributed by atoms with Crippen LogP contribution in [0, 0.1) is 0 Å². The van der Waals surface area contributed by atoms with Crippen LogP contribution in [0.15, 0.2) is 0 Å². The van der Waals surface area contributed by atoms with Gasteiger partial charge in [0.1, 0.15) is 6.04 Å². The molecule has 5 nitrogen and oxygen atoms in total. The maximum atomic E-state index is 11.0. The summed E-state index contributed by atoms with van der Waals surface area (Å²) in [5, 5.41) is 13.4. The number of aliphatic hydroxyl groups excluding tert-OH is 1. The second kappa shape index (κ2) is 5.54. The first-order chi connectivity index (χ1) is 5.61. The Labute approximate surface area is 71.1 Å². The molecule has 0 saturated heterocycles. The minimum atomic E-state index is -0.627. The Morgan fingerprint density at radius 1 is 1.50 bits per heavy atom. The minimum absolute atomic E-state index is 0.127. The zero-order valence-corrected chi connectivity index (χ0v) is 7.26. The Morgan fingerprint density at radius 3 is 2.42 bits per heavy atom. The van der Waals surface area contributed by atoms with Crippen molar-refractivity contribution in [1.82, 2.24) is 10.6 Å². The number of nitrogens with one attached hydrogen (secondary N) is 2. The van der Waals surface area contributed by atoms with Gasteiger partial charge in [0.2, 0.25) is 11.8 Å². The number of hydrogen-bond acceptors (Lipinski definition) is 3. The monoisotopic (exact) mass is 174 g/mol. The highest BCUT2D eigenvalue weighted by Gasteiger charge is 2.16. The molecule has 0 aromatic rings. The van der Waals surface area contributed by atoms with E-state index < -0.39 is 6.04 Å². The van der Waals surface area contributed by atoms with Crippen molar-refractivity contribution in [2.75, 3.05) is 13.7 Å². The summed E-state index contributed by atoms with van der Waals surface area (Å²) >= 11 is 0. The van der Waals surface area contributed by atoms with Gasteiger partial charge in [0.05, 0.1) is 0 Å². The average molecular weight is 174 g/mol. The maximum Gasteiger partial charge on any atom is 0.242 e. The van der Waals surface area contributed by atoms with Gasteiger partial charge >= 0.3 is 0 Å². The lowest BCUT2D eigenvalue weighted by Gasteiger charge is -2.14. The Bertz CT molecular complexity index is 170. The van der Waals surface area contributed by atoms with Gasteiger partial charge in [-0.25, -0.2) is 0 Å². The molecule has 0 heterocycles. The topological polar surface area (TPSA) is 78.4 Å². The first-order valence-electron chi connectivity index (χ1n) is 3.71. The van der Waals surface area contributed by atoms with Gasteiger partial charge in [-0.1, -0.05) is 0 Å². The van der Waals surface area contributed by atoms with Crippen molar-refractivity contribution in [2.24, 2.45) is 0 Å². The van der Waals surface area contributed by atoms with E-state index in [1.54, 1.807) is 0 Å². The van der Waals surface area contributed by atoms with Gasteiger partial charge in [-0.05, 0) is 6.42 Å². The SMILES string of the molecule is CNC(=O)[C@H](CCO)NC(C)=O. The van der Waals surface area contributed by atoms with Gasteiger partial charge in [-0.3, -0.25) is 9.59 Å². The van der Waals surface area contributed by atoms with E-state index in [9.17, 15) is 9.59 Å². The van der Waals surface area contributed by atoms with Crippen LogP contribution in [0.1, 0.15) is 13.3 Å². The van der Waals surface area contributed by atoms with Crippen molar-refractivity contribution in [1.29, 1.82) is 0 Å². The molecule has 0 fully saturated rings. The molecule has 0 unspecified atom stereocenters. The summed E-state index contributed by atoms with van der Waals surface area (Å²) in [6, 6.07) is -0.627. The van der Waals surface area contributed by atoms with Crippen LogP contribution in [-0.4, -0.2) is 36.6 Å². The molecule has 0 aliphatic heterocycles. The molecule has 0 aromatic carbocycles. The zero-order valence-electron chi connectivity index (χ0n) is 7.26. The third-order valence-corrected chi connectivity index (χ3v) is 1.36. The van der Waals surface area contributed by atoms with Crippen LogP contribution in [0.3, 0.4) is 0 Å². The molecule has 2 amide bonds. The number of amides is 2. The van der Waals surface area contributed by atoms with Gasteiger partial charge in [0.25, 0.3) is 0 Å². The normalized spacial score (nSPS) is 11.9. The van der Waals surface area contributed by atoms with Crippen LogP contribution in [-0.2, 0) is 9.59 Å². The van der Waals surface area contributed by atoms with Crippen molar-refractivity contribution in [3.8, 4) is 0 Å². The zero-order chi connectivity index (χ0) is 9.56. The third-order valence-electron chi connectivity index (χ3n) is 1.36. The van der Waals surface area contributed by atoms with E-state index >= 15 is 0 Å². The van der Waals surface area contributed by atoms with Crippen molar-refractivity contribution < 1.29 is 14.7 Å². The standard InChI is InChI=1S/C7H14N2O3/c1-5(11)9-6(3-4-10)7(12)8-2/h6,10H,3-4H2,1-2H3,(H,8,12)(H,9,11)/t6-/m0/s1. The summed E-state index contributed by atoms with van der Waals surface area (Å²) in [5.41, 5.74) is 0. The van der Waals surface area contributed by atoms with Crippen LogP contribution >= 0.6 is 0 Å². The van der Waals surface area contributed by atoms with Gasteiger partial charge in [-0.2, -0.15) is 0 Å². The molecule has 0 aliphatic carbocycles. The Morgan fingerprint density at radius 2 is 2.08 bits per heavy atom. The maximum absolute atomic E-state index is 11.0. The van der Waals surface area contributed by atoms with E-state index in [0.717, 1.165) is 0 Å². The molecule has 0 bridgehead atoms. The third kappa shape index (κ3) is 3.92. The largest absolute Gasteiger partial charge is 0.396 e. The van der Waals surface area contributed by atoms with E-state index in [-0.39, 0.29) is 24.8 Å². The molecule has 0 saturated carbocycles. The first kappa shape index (κ1) is 10.9. The summed E-state index contributed by atoms with van der Waals surface area (Å²) < 4.78 is 0. The molecule has 0 spiro atoms. The molecule has 0 aromatic heterocycles. The number of aliphatic hydroxyl groups is 1. The van der Waals surface area contributed by atoms with Crippen LogP contribution < -0.4 is 10.6 Å². The van der Waals surface area contributed by atoms with Crippen LogP contribution in [0.25, 0.3) is 0 Å². The number of carbonyl (C=O) groups excluding carboxylic acids is 2. The molecule has 0 radical (unpaired) electrons. The molecule has 0 aliphatic rings. The van der Waals surface area contributed by atoms with Gasteiger partial charge in [-0.15, -0.1) is 0 Å². The van der Waals surface area contributed by atoms with Gasteiger partial charge in [0.15, 0.2) is 0 Å². The second-order valence-electron chi connectivity index (χ2n) is 2.38. The summed E-state index contributed by atoms with van der Waals surface area (Å²) in [5.74, 6) is -0.573. The molecule has 0 rings (SSSR count). The number of likely N-dealkylation sites (N-methyl/N-ethyl adjacent to an activating group) is 1. The highest BCUT2D eigenvalue weighted by molar-refractivity contribution is 5.86. The quantitative estimate of drug-likeness (QED) is 0.491. The first-order valence-corrected chi connectivity index (χ1v) is 3.71. The fourth-order valence-corrected chi connectivity index (χ4v) is 0.818. The summed E-state index contributed by atoms with van der Waals surface area (Å²) in [6.45, 7) is 1.20. The summed E-state index contributed by atoms with van der Waals surface area (Å²) in [4.78, 5) is 21.6. The minimum Gasteiger partial charge on any atom is -0.396 e. The predicted octanol–water partition coefficient (Wildman–Crippen LogP) is -1.38. The van der Waals surface area contributed by atoms with Crippen molar-refractivity contribution in [3.05, 3.63) is 0 Å². The van der Waals surface area contributed by atoms with Crippen LogP contribution in [0.4, 0.5) is 0 Å². The fourth-order valence-electron chi connectivity index (χ4n) is 0.818. The van der Waals surface area contributed by atoms with Crippen molar-refractivity contribution in [2.45, 2.75) is 19.4 Å². The highest BCUT2D eigenvalue weighted by atomic mass is 16.3. The number of rotatable bonds is 4. The van der Waals surface area contributed by atoms with E-state index in [0.29, 0.717) is 0 Å². The molecule has 3 N–H and O–H groups in total. The summed E-state index contributed by atoms with van der Waals surface area (Å²) in [6.07, 6.45) is 0.235. The van der Waals surface area contributed by atoms with Crippen molar-refractivity contribution >= 4 is 11.8 Å². The summed E-state index contributed by atoms with van der Waals surface area (Å²) in [7, 11) is 1.48. The number of carbonyl (C=O) groups is 2. The molecule has 1 atom stereocenters. The van der Waals surface area contributed by atoms with Gasteiger partial charge in [0, 0.05) is 20.6 Å². The van der Waals surface area contributed by atoms with Gasteiger partial charge < -0.3 is 15.7 Å².